The molecule has 2 amide bonds. The molecular formula is C17H22N2O3. The van der Waals surface area contributed by atoms with E-state index in [0.29, 0.717) is 12.3 Å². The topological polar surface area (TPSA) is 74.5 Å². The molecule has 0 fully saturated rings. The standard InChI is InChI=1S/C17H22N2O3/c1-12-5-7-14(8-6-12)13(2)10-18-17(21)19-11-15(20)16-4-3-9-22-16/h3-9,13,15,20H,10-11H2,1-2H3,(H2,18,19,21). The van der Waals surface area contributed by atoms with Crippen LogP contribution in [0, 0.1) is 6.92 Å². The van der Waals surface area contributed by atoms with Crippen molar-refractivity contribution in [2.45, 2.75) is 25.9 Å². The number of rotatable bonds is 6. The number of aliphatic hydroxyl groups is 1. The molecule has 0 saturated heterocycles. The van der Waals surface area contributed by atoms with E-state index in [1.807, 2.05) is 6.92 Å². The van der Waals surface area contributed by atoms with Gasteiger partial charge in [0, 0.05) is 6.54 Å². The second-order valence-electron chi connectivity index (χ2n) is 5.43. The fourth-order valence-corrected chi connectivity index (χ4v) is 2.09. The maximum absolute atomic E-state index is 11.7. The highest BCUT2D eigenvalue weighted by molar-refractivity contribution is 5.73. The molecule has 1 aromatic carbocycles. The Morgan fingerprint density at radius 1 is 1.18 bits per heavy atom. The average molecular weight is 302 g/mol. The second kappa shape index (κ2) is 7.66. The number of aliphatic hydroxyl groups excluding tert-OH is 1. The first kappa shape index (κ1) is 16.1. The zero-order valence-electron chi connectivity index (χ0n) is 12.9. The fraction of sp³-hybridized carbons (Fsp3) is 0.353. The van der Waals surface area contributed by atoms with Crippen LogP contribution >= 0.6 is 0 Å². The maximum atomic E-state index is 11.7. The Balaban J connectivity index is 1.72. The summed E-state index contributed by atoms with van der Waals surface area (Å²) in [6, 6.07) is 11.3. The van der Waals surface area contributed by atoms with Gasteiger partial charge in [0.25, 0.3) is 0 Å². The molecular weight excluding hydrogens is 280 g/mol. The van der Waals surface area contributed by atoms with E-state index in [4.69, 9.17) is 4.42 Å². The summed E-state index contributed by atoms with van der Waals surface area (Å²) in [5.41, 5.74) is 2.40. The van der Waals surface area contributed by atoms with Crippen LogP contribution in [0.2, 0.25) is 0 Å². The maximum Gasteiger partial charge on any atom is 0.314 e. The zero-order valence-corrected chi connectivity index (χ0v) is 12.9. The number of furan rings is 1. The Morgan fingerprint density at radius 2 is 1.86 bits per heavy atom. The molecule has 5 heteroatoms. The van der Waals surface area contributed by atoms with Crippen molar-refractivity contribution in [2.24, 2.45) is 0 Å². The van der Waals surface area contributed by atoms with Gasteiger partial charge in [-0.25, -0.2) is 4.79 Å². The van der Waals surface area contributed by atoms with Gasteiger partial charge in [-0.1, -0.05) is 36.8 Å². The molecule has 0 bridgehead atoms. The van der Waals surface area contributed by atoms with E-state index < -0.39 is 6.10 Å². The lowest BCUT2D eigenvalue weighted by Gasteiger charge is -2.15. The molecule has 5 nitrogen and oxygen atoms in total. The molecule has 22 heavy (non-hydrogen) atoms. The van der Waals surface area contributed by atoms with Crippen LogP contribution in [0.3, 0.4) is 0 Å². The molecule has 2 unspecified atom stereocenters. The van der Waals surface area contributed by atoms with Crippen molar-refractivity contribution >= 4 is 6.03 Å². The van der Waals surface area contributed by atoms with Gasteiger partial charge in [-0.15, -0.1) is 0 Å². The summed E-state index contributed by atoms with van der Waals surface area (Å²) in [6.07, 6.45) is 0.650. The summed E-state index contributed by atoms with van der Waals surface area (Å²) >= 11 is 0. The average Bonchev–Trinajstić information content (AvgIpc) is 3.05. The first-order valence-corrected chi connectivity index (χ1v) is 7.36. The number of aryl methyl sites for hydroxylation is 1. The van der Waals surface area contributed by atoms with Gasteiger partial charge in [0.05, 0.1) is 12.8 Å². The summed E-state index contributed by atoms with van der Waals surface area (Å²) in [7, 11) is 0. The highest BCUT2D eigenvalue weighted by Crippen LogP contribution is 2.15. The van der Waals surface area contributed by atoms with Gasteiger partial charge >= 0.3 is 6.03 Å². The van der Waals surface area contributed by atoms with E-state index in [0.717, 1.165) is 0 Å². The minimum absolute atomic E-state index is 0.109. The summed E-state index contributed by atoms with van der Waals surface area (Å²) in [5, 5.41) is 15.2. The third-order valence-electron chi connectivity index (χ3n) is 3.54. The molecule has 0 radical (unpaired) electrons. The summed E-state index contributed by atoms with van der Waals surface area (Å²) in [5.74, 6) is 0.662. The molecule has 3 N–H and O–H groups in total. The quantitative estimate of drug-likeness (QED) is 0.768. The molecule has 2 atom stereocenters. The molecule has 0 saturated carbocycles. The first-order chi connectivity index (χ1) is 10.6. The fourth-order valence-electron chi connectivity index (χ4n) is 2.09. The van der Waals surface area contributed by atoms with E-state index in [2.05, 4.69) is 41.8 Å². The molecule has 0 aliphatic heterocycles. The minimum Gasteiger partial charge on any atom is -0.467 e. The van der Waals surface area contributed by atoms with Crippen LogP contribution in [0.5, 0.6) is 0 Å². The molecule has 0 spiro atoms. The van der Waals surface area contributed by atoms with Crippen molar-refractivity contribution in [1.82, 2.24) is 10.6 Å². The Bertz CT molecular complexity index is 578. The first-order valence-electron chi connectivity index (χ1n) is 7.36. The molecule has 0 aliphatic rings. The number of urea groups is 1. The smallest absolute Gasteiger partial charge is 0.314 e. The highest BCUT2D eigenvalue weighted by Gasteiger charge is 2.12. The minimum atomic E-state index is -0.838. The normalized spacial score (nSPS) is 13.4. The third-order valence-corrected chi connectivity index (χ3v) is 3.54. The molecule has 0 aliphatic carbocycles. The van der Waals surface area contributed by atoms with Crippen molar-refractivity contribution in [1.29, 1.82) is 0 Å². The zero-order chi connectivity index (χ0) is 15.9. The predicted molar refractivity (Wildman–Crippen MR) is 84.7 cm³/mol. The van der Waals surface area contributed by atoms with Crippen molar-refractivity contribution in [3.8, 4) is 0 Å². The largest absolute Gasteiger partial charge is 0.467 e. The van der Waals surface area contributed by atoms with Crippen LogP contribution in [0.4, 0.5) is 4.79 Å². The van der Waals surface area contributed by atoms with Gasteiger partial charge in [-0.3, -0.25) is 0 Å². The van der Waals surface area contributed by atoms with Crippen LogP contribution < -0.4 is 10.6 Å². The Labute approximate surface area is 130 Å². The van der Waals surface area contributed by atoms with E-state index in [1.165, 1.54) is 17.4 Å². The van der Waals surface area contributed by atoms with Gasteiger partial charge < -0.3 is 20.2 Å². The lowest BCUT2D eigenvalue weighted by atomic mass is 10.0. The van der Waals surface area contributed by atoms with Crippen molar-refractivity contribution in [3.63, 3.8) is 0 Å². The SMILES string of the molecule is Cc1ccc(C(C)CNC(=O)NCC(O)c2ccco2)cc1. The van der Waals surface area contributed by atoms with E-state index in [-0.39, 0.29) is 18.5 Å². The van der Waals surface area contributed by atoms with Crippen molar-refractivity contribution in [3.05, 3.63) is 59.5 Å². The number of benzene rings is 1. The van der Waals surface area contributed by atoms with Crippen molar-refractivity contribution < 1.29 is 14.3 Å². The number of hydrogen-bond donors (Lipinski definition) is 3. The second-order valence-corrected chi connectivity index (χ2v) is 5.43. The molecule has 2 aromatic rings. The van der Waals surface area contributed by atoms with E-state index >= 15 is 0 Å². The van der Waals surface area contributed by atoms with Gasteiger partial charge in [-0.05, 0) is 30.5 Å². The molecule has 1 heterocycles. The van der Waals surface area contributed by atoms with E-state index in [1.54, 1.807) is 12.1 Å². The monoisotopic (exact) mass is 302 g/mol. The lowest BCUT2D eigenvalue weighted by Crippen LogP contribution is -2.39. The summed E-state index contributed by atoms with van der Waals surface area (Å²) in [4.78, 5) is 11.7. The Kier molecular flexibility index (Phi) is 5.61. The van der Waals surface area contributed by atoms with Crippen LogP contribution in [0.1, 0.15) is 35.8 Å². The molecule has 118 valence electrons. The number of amides is 2. The van der Waals surface area contributed by atoms with Crippen LogP contribution in [0.15, 0.2) is 47.1 Å². The Morgan fingerprint density at radius 3 is 2.50 bits per heavy atom. The number of carbonyl (C=O) groups excluding carboxylic acids is 1. The lowest BCUT2D eigenvalue weighted by molar-refractivity contribution is 0.148. The van der Waals surface area contributed by atoms with E-state index in [9.17, 15) is 9.90 Å². The number of nitrogens with one attached hydrogen (secondary N) is 2. The van der Waals surface area contributed by atoms with Gasteiger partial charge in [0.1, 0.15) is 11.9 Å². The number of hydrogen-bond acceptors (Lipinski definition) is 3. The summed E-state index contributed by atoms with van der Waals surface area (Å²) < 4.78 is 5.07. The predicted octanol–water partition coefficient (Wildman–Crippen LogP) is 2.72. The van der Waals surface area contributed by atoms with Gasteiger partial charge in [-0.2, -0.15) is 0 Å². The molecule has 1 aromatic heterocycles. The highest BCUT2D eigenvalue weighted by atomic mass is 16.4. The van der Waals surface area contributed by atoms with Gasteiger partial charge in [0.15, 0.2) is 0 Å². The summed E-state index contributed by atoms with van der Waals surface area (Å²) in [6.45, 7) is 4.75. The Hall–Kier alpha value is -2.27. The number of carbonyl (C=O) groups is 1. The van der Waals surface area contributed by atoms with Gasteiger partial charge in [0.2, 0.25) is 0 Å². The van der Waals surface area contributed by atoms with Crippen LogP contribution in [-0.2, 0) is 0 Å². The third kappa shape index (κ3) is 4.63. The van der Waals surface area contributed by atoms with Crippen LogP contribution in [-0.4, -0.2) is 24.2 Å². The van der Waals surface area contributed by atoms with Crippen molar-refractivity contribution in [2.75, 3.05) is 13.1 Å². The molecule has 2 rings (SSSR count). The van der Waals surface area contributed by atoms with Crippen LogP contribution in [0.25, 0.3) is 0 Å².